The molecule has 0 bridgehead atoms. The number of thiazole rings is 1. The van der Waals surface area contributed by atoms with Crippen LogP contribution in [0, 0.1) is 0 Å². The van der Waals surface area contributed by atoms with Gasteiger partial charge in [-0.15, -0.1) is 11.3 Å². The summed E-state index contributed by atoms with van der Waals surface area (Å²) >= 11 is 1.50. The monoisotopic (exact) mass is 299 g/mol. The summed E-state index contributed by atoms with van der Waals surface area (Å²) < 4.78 is 2.06. The molecule has 2 aromatic heterocycles. The smallest absolute Gasteiger partial charge is 0.178 e. The minimum absolute atomic E-state index is 0.0675. The Morgan fingerprint density at radius 2 is 2.05 bits per heavy atom. The molecule has 0 radical (unpaired) electrons. The quantitative estimate of drug-likeness (QED) is 0.602. The van der Waals surface area contributed by atoms with Gasteiger partial charge >= 0.3 is 0 Å². The van der Waals surface area contributed by atoms with Gasteiger partial charge in [-0.3, -0.25) is 4.79 Å². The van der Waals surface area contributed by atoms with Crippen molar-refractivity contribution < 1.29 is 4.79 Å². The van der Waals surface area contributed by atoms with Crippen LogP contribution in [0.3, 0.4) is 0 Å². The van der Waals surface area contributed by atoms with Crippen LogP contribution in [0.2, 0.25) is 0 Å². The number of imidazole rings is 1. The number of carbonyl (C=O) groups excluding carboxylic acids is 1. The van der Waals surface area contributed by atoms with Gasteiger partial charge in [-0.25, -0.2) is 9.97 Å². The predicted molar refractivity (Wildman–Crippen MR) is 86.9 cm³/mol. The SMILES string of the molecule is CC(C)n1ccnc1/C=C/C=C/C(=O)/C=C/c1nccs1. The molecule has 2 aromatic rings. The van der Waals surface area contributed by atoms with Gasteiger partial charge in [0.25, 0.3) is 0 Å². The lowest BCUT2D eigenvalue weighted by Crippen LogP contribution is -2.01. The van der Waals surface area contributed by atoms with Crippen LogP contribution in [0.25, 0.3) is 12.2 Å². The molecule has 0 aromatic carbocycles. The number of hydrogen-bond donors (Lipinski definition) is 0. The summed E-state index contributed by atoms with van der Waals surface area (Å²) in [4.78, 5) is 20.0. The highest BCUT2D eigenvalue weighted by atomic mass is 32.1. The number of nitrogens with zero attached hydrogens (tertiary/aromatic N) is 3. The fourth-order valence-electron chi connectivity index (χ4n) is 1.71. The second-order valence-electron chi connectivity index (χ2n) is 4.61. The molecule has 21 heavy (non-hydrogen) atoms. The molecule has 0 aliphatic rings. The molecule has 0 unspecified atom stereocenters. The maximum atomic E-state index is 11.6. The number of aromatic nitrogens is 3. The van der Waals surface area contributed by atoms with Crippen molar-refractivity contribution in [3.63, 3.8) is 0 Å². The van der Waals surface area contributed by atoms with Crippen LogP contribution in [-0.4, -0.2) is 20.3 Å². The zero-order chi connectivity index (χ0) is 15.1. The Morgan fingerprint density at radius 1 is 1.19 bits per heavy atom. The highest BCUT2D eigenvalue weighted by molar-refractivity contribution is 7.10. The van der Waals surface area contributed by atoms with Crippen LogP contribution in [0.5, 0.6) is 0 Å². The normalized spacial score (nSPS) is 12.3. The van der Waals surface area contributed by atoms with Crippen molar-refractivity contribution in [2.75, 3.05) is 0 Å². The zero-order valence-corrected chi connectivity index (χ0v) is 12.8. The van der Waals surface area contributed by atoms with Gasteiger partial charge in [0.05, 0.1) is 0 Å². The molecule has 0 atom stereocenters. The van der Waals surface area contributed by atoms with E-state index < -0.39 is 0 Å². The maximum Gasteiger partial charge on any atom is 0.178 e. The molecule has 5 heteroatoms. The van der Waals surface area contributed by atoms with Crippen molar-refractivity contribution in [3.8, 4) is 0 Å². The van der Waals surface area contributed by atoms with E-state index in [2.05, 4.69) is 28.4 Å². The predicted octanol–water partition coefficient (Wildman–Crippen LogP) is 3.77. The fourth-order valence-corrected chi connectivity index (χ4v) is 2.24. The molecule has 0 amide bonds. The average Bonchev–Trinajstić information content (AvgIpc) is 3.12. The zero-order valence-electron chi connectivity index (χ0n) is 12.0. The van der Waals surface area contributed by atoms with Gasteiger partial charge in [0.2, 0.25) is 0 Å². The number of allylic oxidation sites excluding steroid dienone is 4. The first-order valence-corrected chi connectivity index (χ1v) is 7.54. The summed E-state index contributed by atoms with van der Waals surface area (Å²) in [5, 5.41) is 2.70. The third-order valence-electron chi connectivity index (χ3n) is 2.71. The third kappa shape index (κ3) is 4.65. The number of hydrogen-bond acceptors (Lipinski definition) is 4. The molecule has 2 heterocycles. The largest absolute Gasteiger partial charge is 0.329 e. The summed E-state index contributed by atoms with van der Waals surface area (Å²) in [6.07, 6.45) is 15.6. The van der Waals surface area contributed by atoms with E-state index in [0.717, 1.165) is 10.8 Å². The van der Waals surface area contributed by atoms with Crippen LogP contribution < -0.4 is 0 Å². The lowest BCUT2D eigenvalue weighted by Gasteiger charge is -2.07. The minimum Gasteiger partial charge on any atom is -0.329 e. The Hall–Kier alpha value is -2.27. The molecule has 0 aliphatic heterocycles. The molecule has 0 N–H and O–H groups in total. The van der Waals surface area contributed by atoms with Gasteiger partial charge in [-0.05, 0) is 38.2 Å². The molecular weight excluding hydrogens is 282 g/mol. The first-order chi connectivity index (χ1) is 10.2. The van der Waals surface area contributed by atoms with E-state index in [-0.39, 0.29) is 5.78 Å². The standard InChI is InChI=1S/C16H17N3OS/c1-13(2)19-11-9-17-15(19)6-4-3-5-14(20)7-8-16-18-10-12-21-16/h3-13H,1-2H3/b5-3+,6-4+,8-7+. The second kappa shape index (κ2) is 7.50. The van der Waals surface area contributed by atoms with Crippen molar-refractivity contribution in [1.29, 1.82) is 0 Å². The molecule has 0 saturated carbocycles. The summed E-state index contributed by atoms with van der Waals surface area (Å²) in [7, 11) is 0. The van der Waals surface area contributed by atoms with E-state index in [1.807, 2.05) is 23.7 Å². The Balaban J connectivity index is 1.91. The summed E-state index contributed by atoms with van der Waals surface area (Å²) in [5.41, 5.74) is 0. The molecule has 0 spiro atoms. The van der Waals surface area contributed by atoms with E-state index in [1.54, 1.807) is 24.5 Å². The molecular formula is C16H17N3OS. The van der Waals surface area contributed by atoms with Crippen molar-refractivity contribution in [2.24, 2.45) is 0 Å². The molecule has 0 saturated heterocycles. The van der Waals surface area contributed by atoms with Crippen LogP contribution in [0.1, 0.15) is 30.7 Å². The minimum atomic E-state index is -0.0675. The van der Waals surface area contributed by atoms with E-state index in [4.69, 9.17) is 0 Å². The first kappa shape index (κ1) is 15.1. The highest BCUT2D eigenvalue weighted by Gasteiger charge is 2.01. The molecule has 0 aliphatic carbocycles. The van der Waals surface area contributed by atoms with Crippen molar-refractivity contribution in [2.45, 2.75) is 19.9 Å². The Kier molecular flexibility index (Phi) is 5.40. The Bertz CT molecular complexity index is 664. The maximum absolute atomic E-state index is 11.6. The van der Waals surface area contributed by atoms with Crippen LogP contribution in [0.15, 0.2) is 48.3 Å². The van der Waals surface area contributed by atoms with Crippen molar-refractivity contribution >= 4 is 29.3 Å². The van der Waals surface area contributed by atoms with Gasteiger partial charge in [0.15, 0.2) is 5.78 Å². The van der Waals surface area contributed by atoms with Crippen LogP contribution in [0.4, 0.5) is 0 Å². The topological polar surface area (TPSA) is 47.8 Å². The number of rotatable bonds is 6. The molecule has 2 rings (SSSR count). The number of carbonyl (C=O) groups is 1. The first-order valence-electron chi connectivity index (χ1n) is 6.66. The Morgan fingerprint density at radius 3 is 2.76 bits per heavy atom. The lowest BCUT2D eigenvalue weighted by molar-refractivity contribution is -0.110. The summed E-state index contributed by atoms with van der Waals surface area (Å²) in [6.45, 7) is 4.20. The van der Waals surface area contributed by atoms with E-state index >= 15 is 0 Å². The highest BCUT2D eigenvalue weighted by Crippen LogP contribution is 2.09. The molecule has 108 valence electrons. The summed E-state index contributed by atoms with van der Waals surface area (Å²) in [6, 6.07) is 0.360. The third-order valence-corrected chi connectivity index (χ3v) is 3.45. The van der Waals surface area contributed by atoms with Crippen molar-refractivity contribution in [3.05, 3.63) is 59.1 Å². The van der Waals surface area contributed by atoms with Gasteiger partial charge in [0.1, 0.15) is 10.8 Å². The number of ketones is 1. The van der Waals surface area contributed by atoms with E-state index in [1.165, 1.54) is 23.5 Å². The van der Waals surface area contributed by atoms with Crippen molar-refractivity contribution in [1.82, 2.24) is 14.5 Å². The van der Waals surface area contributed by atoms with E-state index in [0.29, 0.717) is 6.04 Å². The van der Waals surface area contributed by atoms with Gasteiger partial charge in [0, 0.05) is 30.0 Å². The average molecular weight is 299 g/mol. The molecule has 4 nitrogen and oxygen atoms in total. The summed E-state index contributed by atoms with van der Waals surface area (Å²) in [5.74, 6) is 0.808. The van der Waals surface area contributed by atoms with Gasteiger partial charge in [-0.1, -0.05) is 12.2 Å². The van der Waals surface area contributed by atoms with Crippen LogP contribution in [-0.2, 0) is 4.79 Å². The molecule has 0 fully saturated rings. The Labute approximate surface area is 128 Å². The van der Waals surface area contributed by atoms with E-state index in [9.17, 15) is 4.79 Å². The fraction of sp³-hybridized carbons (Fsp3) is 0.188. The second-order valence-corrected chi connectivity index (χ2v) is 5.54. The van der Waals surface area contributed by atoms with Gasteiger partial charge < -0.3 is 4.57 Å². The van der Waals surface area contributed by atoms with Gasteiger partial charge in [-0.2, -0.15) is 0 Å². The lowest BCUT2D eigenvalue weighted by atomic mass is 10.3. The van der Waals surface area contributed by atoms with Crippen LogP contribution >= 0.6 is 11.3 Å².